The maximum Gasteiger partial charge on any atom is 0.410 e. The highest BCUT2D eigenvalue weighted by Gasteiger charge is 2.28. The fraction of sp³-hybridized carbons (Fsp3) is 0.944. The number of rotatable bonds is 4. The maximum atomic E-state index is 12.2. The van der Waals surface area contributed by atoms with Crippen LogP contribution in [0.3, 0.4) is 0 Å². The van der Waals surface area contributed by atoms with E-state index in [1.807, 2.05) is 37.4 Å². The zero-order valence-electron chi connectivity index (χ0n) is 15.3. The van der Waals surface area contributed by atoms with Gasteiger partial charge in [-0.05, 0) is 78.0 Å². The third-order valence-electron chi connectivity index (χ3n) is 4.87. The predicted molar refractivity (Wildman–Crippen MR) is 98.1 cm³/mol. The molecule has 2 fully saturated rings. The fourth-order valence-corrected chi connectivity index (χ4v) is 4.30. The van der Waals surface area contributed by atoms with E-state index in [4.69, 9.17) is 4.74 Å². The van der Waals surface area contributed by atoms with Gasteiger partial charge in [-0.25, -0.2) is 4.79 Å². The van der Waals surface area contributed by atoms with Crippen LogP contribution in [0.4, 0.5) is 4.79 Å². The molecule has 2 rings (SSSR count). The quantitative estimate of drug-likeness (QED) is 0.841. The Labute approximate surface area is 146 Å². The minimum atomic E-state index is -0.405. The normalized spacial score (nSPS) is 29.4. The van der Waals surface area contributed by atoms with E-state index >= 15 is 0 Å². The molecule has 0 aromatic rings. The summed E-state index contributed by atoms with van der Waals surface area (Å²) in [5.74, 6) is 0.564. The van der Waals surface area contributed by atoms with Gasteiger partial charge in [0.15, 0.2) is 0 Å². The SMILES string of the molecule is CSC1CCC(NCC2CCCN(C(=O)OC(C)(C)C)C2)CC1. The molecule has 0 spiro atoms. The van der Waals surface area contributed by atoms with Gasteiger partial charge in [0.2, 0.25) is 0 Å². The van der Waals surface area contributed by atoms with E-state index in [-0.39, 0.29) is 6.09 Å². The molecule has 0 bridgehead atoms. The highest BCUT2D eigenvalue weighted by Crippen LogP contribution is 2.27. The Morgan fingerprint density at radius 1 is 1.22 bits per heavy atom. The first kappa shape index (κ1) is 18.9. The van der Waals surface area contributed by atoms with E-state index in [0.717, 1.165) is 31.3 Å². The largest absolute Gasteiger partial charge is 0.444 e. The number of carbonyl (C=O) groups is 1. The van der Waals surface area contributed by atoms with E-state index in [0.29, 0.717) is 12.0 Å². The lowest BCUT2D eigenvalue weighted by molar-refractivity contribution is 0.0165. The first-order valence-corrected chi connectivity index (χ1v) is 10.4. The first-order chi connectivity index (χ1) is 10.9. The van der Waals surface area contributed by atoms with Crippen molar-refractivity contribution < 1.29 is 9.53 Å². The highest BCUT2D eigenvalue weighted by atomic mass is 32.2. The lowest BCUT2D eigenvalue weighted by atomic mass is 9.93. The standard InChI is InChI=1S/C18H34N2O2S/c1-18(2,3)22-17(21)20-11-5-6-14(13-20)12-19-15-7-9-16(23-4)10-8-15/h14-16,19H,5-13H2,1-4H3. The maximum absolute atomic E-state index is 12.2. The molecule has 0 radical (unpaired) electrons. The molecular weight excluding hydrogens is 308 g/mol. The van der Waals surface area contributed by atoms with Crippen LogP contribution in [-0.4, -0.2) is 53.8 Å². The number of hydrogen-bond donors (Lipinski definition) is 1. The Morgan fingerprint density at radius 3 is 2.52 bits per heavy atom. The molecule has 1 N–H and O–H groups in total. The molecule has 5 heteroatoms. The Bertz CT molecular complexity index is 376. The summed E-state index contributed by atoms with van der Waals surface area (Å²) in [5, 5.41) is 4.62. The van der Waals surface area contributed by atoms with E-state index in [1.54, 1.807) is 0 Å². The predicted octanol–water partition coefficient (Wildman–Crippen LogP) is 3.90. The second-order valence-electron chi connectivity index (χ2n) is 8.05. The summed E-state index contributed by atoms with van der Waals surface area (Å²) in [6.45, 7) is 8.50. The van der Waals surface area contributed by atoms with Crippen LogP contribution in [0.25, 0.3) is 0 Å². The van der Waals surface area contributed by atoms with Gasteiger partial charge in [-0.1, -0.05) is 0 Å². The number of nitrogens with zero attached hydrogens (tertiary/aromatic N) is 1. The summed E-state index contributed by atoms with van der Waals surface area (Å²) in [6, 6.07) is 0.676. The average Bonchev–Trinajstić information content (AvgIpc) is 2.52. The van der Waals surface area contributed by atoms with Gasteiger partial charge in [0, 0.05) is 24.4 Å². The summed E-state index contributed by atoms with van der Waals surface area (Å²) >= 11 is 2.02. The second kappa shape index (κ2) is 8.61. The molecule has 134 valence electrons. The van der Waals surface area contributed by atoms with Crippen molar-refractivity contribution in [3.05, 3.63) is 0 Å². The van der Waals surface area contributed by atoms with Crippen molar-refractivity contribution in [2.45, 2.75) is 76.2 Å². The van der Waals surface area contributed by atoms with Crippen LogP contribution in [0.15, 0.2) is 0 Å². The van der Waals surface area contributed by atoms with E-state index in [2.05, 4.69) is 11.6 Å². The summed E-state index contributed by atoms with van der Waals surface area (Å²) in [7, 11) is 0. The summed E-state index contributed by atoms with van der Waals surface area (Å²) in [5.41, 5.74) is -0.405. The van der Waals surface area contributed by atoms with Gasteiger partial charge in [-0.15, -0.1) is 0 Å². The molecule has 1 atom stereocenters. The molecule has 0 aromatic heterocycles. The van der Waals surface area contributed by atoms with Crippen LogP contribution in [0.5, 0.6) is 0 Å². The minimum absolute atomic E-state index is 0.150. The Morgan fingerprint density at radius 2 is 1.91 bits per heavy atom. The van der Waals surface area contributed by atoms with Crippen molar-refractivity contribution >= 4 is 17.9 Å². The van der Waals surface area contributed by atoms with Crippen LogP contribution in [0.1, 0.15) is 59.3 Å². The third kappa shape index (κ3) is 6.54. The number of ether oxygens (including phenoxy) is 1. The lowest BCUT2D eigenvalue weighted by Crippen LogP contribution is -2.46. The number of hydrogen-bond acceptors (Lipinski definition) is 4. The summed E-state index contributed by atoms with van der Waals surface area (Å²) < 4.78 is 5.51. The number of amides is 1. The molecule has 23 heavy (non-hydrogen) atoms. The van der Waals surface area contributed by atoms with E-state index in [1.165, 1.54) is 32.1 Å². The van der Waals surface area contributed by atoms with Gasteiger partial charge in [0.25, 0.3) is 0 Å². The van der Waals surface area contributed by atoms with Crippen LogP contribution in [-0.2, 0) is 4.74 Å². The number of likely N-dealkylation sites (tertiary alicyclic amines) is 1. The van der Waals surface area contributed by atoms with Crippen molar-refractivity contribution in [3.8, 4) is 0 Å². The number of nitrogens with one attached hydrogen (secondary N) is 1. The van der Waals surface area contributed by atoms with Gasteiger partial charge in [-0.2, -0.15) is 11.8 Å². The molecule has 4 nitrogen and oxygen atoms in total. The summed E-state index contributed by atoms with van der Waals surface area (Å²) in [6.07, 6.45) is 9.66. The Balaban J connectivity index is 1.71. The molecule has 2 aliphatic rings. The van der Waals surface area contributed by atoms with Gasteiger partial charge < -0.3 is 15.0 Å². The van der Waals surface area contributed by atoms with Crippen molar-refractivity contribution in [1.82, 2.24) is 10.2 Å². The smallest absolute Gasteiger partial charge is 0.410 e. The molecule has 1 saturated carbocycles. The van der Waals surface area contributed by atoms with Crippen molar-refractivity contribution in [3.63, 3.8) is 0 Å². The van der Waals surface area contributed by atoms with Gasteiger partial charge in [-0.3, -0.25) is 0 Å². The van der Waals surface area contributed by atoms with E-state index in [9.17, 15) is 4.79 Å². The average molecular weight is 343 g/mol. The number of carbonyl (C=O) groups excluding carboxylic acids is 1. The highest BCUT2D eigenvalue weighted by molar-refractivity contribution is 7.99. The number of piperidine rings is 1. The van der Waals surface area contributed by atoms with Crippen LogP contribution in [0.2, 0.25) is 0 Å². The van der Waals surface area contributed by atoms with Gasteiger partial charge >= 0.3 is 6.09 Å². The van der Waals surface area contributed by atoms with Crippen molar-refractivity contribution in [2.75, 3.05) is 25.9 Å². The molecule has 1 aliphatic heterocycles. The molecule has 1 amide bonds. The van der Waals surface area contributed by atoms with Gasteiger partial charge in [0.05, 0.1) is 0 Å². The number of thioether (sulfide) groups is 1. The molecule has 1 aliphatic carbocycles. The topological polar surface area (TPSA) is 41.6 Å². The monoisotopic (exact) mass is 342 g/mol. The van der Waals surface area contributed by atoms with Crippen molar-refractivity contribution in [1.29, 1.82) is 0 Å². The molecule has 0 aromatic carbocycles. The fourth-order valence-electron chi connectivity index (χ4n) is 3.56. The molecule has 1 saturated heterocycles. The summed E-state index contributed by atoms with van der Waals surface area (Å²) in [4.78, 5) is 14.1. The molecular formula is C18H34N2O2S. The lowest BCUT2D eigenvalue weighted by Gasteiger charge is -2.35. The molecule has 1 heterocycles. The first-order valence-electron chi connectivity index (χ1n) is 9.11. The van der Waals surface area contributed by atoms with Crippen LogP contribution in [0, 0.1) is 5.92 Å². The van der Waals surface area contributed by atoms with E-state index < -0.39 is 5.60 Å². The second-order valence-corrected chi connectivity index (χ2v) is 9.19. The Hall–Kier alpha value is -0.420. The van der Waals surface area contributed by atoms with Crippen LogP contribution >= 0.6 is 11.8 Å². The minimum Gasteiger partial charge on any atom is -0.444 e. The molecule has 1 unspecified atom stereocenters. The van der Waals surface area contributed by atoms with Gasteiger partial charge in [0.1, 0.15) is 5.60 Å². The zero-order chi connectivity index (χ0) is 16.9. The van der Waals surface area contributed by atoms with Crippen LogP contribution < -0.4 is 5.32 Å². The Kier molecular flexibility index (Phi) is 7.08. The zero-order valence-corrected chi connectivity index (χ0v) is 16.1. The van der Waals surface area contributed by atoms with Crippen molar-refractivity contribution in [2.24, 2.45) is 5.92 Å². The third-order valence-corrected chi connectivity index (χ3v) is 6.01.